The molecule has 2 aliphatic rings. The molecule has 0 aliphatic carbocycles. The molecule has 1 aromatic heterocycles. The van der Waals surface area contributed by atoms with Gasteiger partial charge in [0.2, 0.25) is 6.29 Å². The highest BCUT2D eigenvalue weighted by atomic mass is 16.7. The third-order valence-electron chi connectivity index (χ3n) is 6.87. The highest BCUT2D eigenvalue weighted by molar-refractivity contribution is 5.98. The largest absolute Gasteiger partial charge is 0.508 e. The summed E-state index contributed by atoms with van der Waals surface area (Å²) in [6.45, 7) is -0.866. The molecule has 2 saturated heterocycles. The average Bonchev–Trinajstić information content (AvgIpc) is 2.93. The van der Waals surface area contributed by atoms with Crippen LogP contribution in [0.3, 0.4) is 0 Å². The fraction of sp³-hybridized carbons (Fsp3) is 0.423. The molecular weight excluding hydrogens is 552 g/mol. The van der Waals surface area contributed by atoms with Gasteiger partial charge in [0.05, 0.1) is 18.6 Å². The predicted octanol–water partition coefficient (Wildman–Crippen LogP) is -1.78. The summed E-state index contributed by atoms with van der Waals surface area (Å²) in [5, 5.41) is 91.2. The number of aliphatic hydroxyl groups is 6. The third kappa shape index (κ3) is 5.67. The molecule has 222 valence electrons. The predicted molar refractivity (Wildman–Crippen MR) is 134 cm³/mol. The van der Waals surface area contributed by atoms with Crippen LogP contribution in [0.25, 0.3) is 22.1 Å². The molecule has 0 spiro atoms. The minimum atomic E-state index is -1.83. The number of fused-ring (bicyclic) bond motifs is 1. The zero-order chi connectivity index (χ0) is 29.6. The summed E-state index contributed by atoms with van der Waals surface area (Å²) in [6.07, 6.45) is -14.3. The number of rotatable bonds is 6. The minimum absolute atomic E-state index is 0.0861. The summed E-state index contributed by atoms with van der Waals surface area (Å²) in [5.41, 5.74) is -0.563. The van der Waals surface area contributed by atoms with Crippen LogP contribution in [0.4, 0.5) is 0 Å². The third-order valence-corrected chi connectivity index (χ3v) is 6.87. The number of phenols is 3. The van der Waals surface area contributed by atoms with Gasteiger partial charge in [-0.15, -0.1) is 0 Å². The Balaban J connectivity index is 1.45. The highest BCUT2D eigenvalue weighted by Crippen LogP contribution is 2.40. The van der Waals surface area contributed by atoms with Crippen molar-refractivity contribution >= 4 is 11.0 Å². The average molecular weight is 580 g/mol. The van der Waals surface area contributed by atoms with E-state index in [0.717, 1.165) is 18.2 Å². The van der Waals surface area contributed by atoms with Gasteiger partial charge in [0.15, 0.2) is 17.8 Å². The van der Waals surface area contributed by atoms with Crippen LogP contribution in [0, 0.1) is 0 Å². The molecule has 9 atom stereocenters. The maximum atomic E-state index is 12.3. The number of aromatic hydroxyl groups is 3. The van der Waals surface area contributed by atoms with Gasteiger partial charge in [-0.25, -0.2) is 4.79 Å². The van der Waals surface area contributed by atoms with Crippen LogP contribution >= 0.6 is 0 Å². The Labute approximate surface area is 230 Å². The van der Waals surface area contributed by atoms with E-state index in [1.165, 1.54) is 18.2 Å². The van der Waals surface area contributed by atoms with E-state index in [4.69, 9.17) is 23.4 Å². The van der Waals surface area contributed by atoms with E-state index in [-0.39, 0.29) is 34.5 Å². The molecule has 0 radical (unpaired) electrons. The number of phenolic OH excluding ortho intramolecular Hbond substituents is 3. The van der Waals surface area contributed by atoms with Crippen LogP contribution in [0.1, 0.15) is 0 Å². The molecule has 5 rings (SSSR count). The molecule has 3 heterocycles. The SMILES string of the molecule is O=c1cc(-c2ccc(O)c(O)c2)c2c(O[C@@H]3O[C@H](CO[C@@H]4OC[C@@H](O)[C@H](O)[C@H]4O)[C@@H](O)[C@H](O)[C@H]3O)cc(O)cc2o1. The Bertz CT molecular complexity index is 1460. The summed E-state index contributed by atoms with van der Waals surface area (Å²) in [6, 6.07) is 7.08. The molecule has 2 aliphatic heterocycles. The van der Waals surface area contributed by atoms with Gasteiger partial charge < -0.3 is 69.3 Å². The molecule has 15 heteroatoms. The normalized spacial score (nSPS) is 32.2. The van der Waals surface area contributed by atoms with Gasteiger partial charge in [-0.1, -0.05) is 6.07 Å². The molecule has 3 aromatic rings. The monoisotopic (exact) mass is 580 g/mol. The maximum Gasteiger partial charge on any atom is 0.336 e. The number of hydrogen-bond acceptors (Lipinski definition) is 15. The molecule has 0 amide bonds. The smallest absolute Gasteiger partial charge is 0.336 e. The van der Waals surface area contributed by atoms with Crippen molar-refractivity contribution in [2.24, 2.45) is 0 Å². The van der Waals surface area contributed by atoms with Crippen molar-refractivity contribution in [3.05, 3.63) is 46.8 Å². The van der Waals surface area contributed by atoms with Crippen molar-refractivity contribution in [1.29, 1.82) is 0 Å². The lowest BCUT2D eigenvalue weighted by Gasteiger charge is -2.41. The Hall–Kier alpha value is -3.51. The van der Waals surface area contributed by atoms with Crippen LogP contribution in [-0.4, -0.2) is 114 Å². The number of benzene rings is 2. The summed E-state index contributed by atoms with van der Waals surface area (Å²) < 4.78 is 27.2. The maximum absolute atomic E-state index is 12.3. The molecule has 0 saturated carbocycles. The lowest BCUT2D eigenvalue weighted by atomic mass is 9.98. The fourth-order valence-corrected chi connectivity index (χ4v) is 4.65. The van der Waals surface area contributed by atoms with Crippen LogP contribution in [0.5, 0.6) is 23.0 Å². The number of ether oxygens (including phenoxy) is 4. The van der Waals surface area contributed by atoms with Crippen LogP contribution in [0.15, 0.2) is 45.6 Å². The second-order valence-electron chi connectivity index (χ2n) is 9.72. The van der Waals surface area contributed by atoms with Gasteiger partial charge in [-0.3, -0.25) is 0 Å². The first-order chi connectivity index (χ1) is 19.4. The molecule has 15 nitrogen and oxygen atoms in total. The quantitative estimate of drug-likeness (QED) is 0.115. The van der Waals surface area contributed by atoms with E-state index in [9.17, 15) is 50.8 Å². The van der Waals surface area contributed by atoms with E-state index < -0.39 is 84.8 Å². The van der Waals surface area contributed by atoms with Crippen molar-refractivity contribution in [2.75, 3.05) is 13.2 Å². The fourth-order valence-electron chi connectivity index (χ4n) is 4.65. The standard InChI is InChI=1S/C26H28O15/c27-10-4-15-19(11(6-18(31)39-15)9-1-2-12(28)13(29)3-9)16(5-10)40-26-24(36)22(34)21(33)17(41-26)8-38-25-23(35)20(32)14(30)7-37-25/h1-6,14,17,20-30,32-36H,7-8H2/t14-,17-,20+,21-,22+,23-,24-,25+,26-/m1/s1. The first kappa shape index (κ1) is 29.0. The lowest BCUT2D eigenvalue weighted by molar-refractivity contribution is -0.307. The van der Waals surface area contributed by atoms with Gasteiger partial charge in [0.25, 0.3) is 0 Å². The zero-order valence-corrected chi connectivity index (χ0v) is 21.0. The molecule has 41 heavy (non-hydrogen) atoms. The van der Waals surface area contributed by atoms with E-state index in [1.807, 2.05) is 0 Å². The molecule has 0 unspecified atom stereocenters. The molecule has 2 aromatic carbocycles. The van der Waals surface area contributed by atoms with E-state index in [2.05, 4.69) is 0 Å². The summed E-state index contributed by atoms with van der Waals surface area (Å²) in [7, 11) is 0. The first-order valence-electron chi connectivity index (χ1n) is 12.4. The van der Waals surface area contributed by atoms with E-state index in [1.54, 1.807) is 0 Å². The zero-order valence-electron chi connectivity index (χ0n) is 21.0. The Kier molecular flexibility index (Phi) is 8.06. The molecule has 9 N–H and O–H groups in total. The summed E-state index contributed by atoms with van der Waals surface area (Å²) in [5.74, 6) is -1.49. The second-order valence-corrected chi connectivity index (χ2v) is 9.72. The summed E-state index contributed by atoms with van der Waals surface area (Å²) >= 11 is 0. The second kappa shape index (κ2) is 11.4. The van der Waals surface area contributed by atoms with Crippen LogP contribution in [-0.2, 0) is 14.2 Å². The highest BCUT2D eigenvalue weighted by Gasteiger charge is 2.46. The lowest BCUT2D eigenvalue weighted by Crippen LogP contribution is -2.61. The number of aliphatic hydroxyl groups excluding tert-OH is 6. The van der Waals surface area contributed by atoms with Gasteiger partial charge >= 0.3 is 5.63 Å². The molecular formula is C26H28O15. The van der Waals surface area contributed by atoms with E-state index in [0.29, 0.717) is 0 Å². The Morgan fingerprint density at radius 2 is 1.54 bits per heavy atom. The van der Waals surface area contributed by atoms with Crippen LogP contribution in [0.2, 0.25) is 0 Å². The van der Waals surface area contributed by atoms with Crippen molar-refractivity contribution < 1.29 is 69.3 Å². The van der Waals surface area contributed by atoms with E-state index >= 15 is 0 Å². The minimum Gasteiger partial charge on any atom is -0.508 e. The van der Waals surface area contributed by atoms with Gasteiger partial charge in [0, 0.05) is 23.8 Å². The Morgan fingerprint density at radius 3 is 2.27 bits per heavy atom. The van der Waals surface area contributed by atoms with Gasteiger partial charge in [0.1, 0.15) is 59.8 Å². The summed E-state index contributed by atoms with van der Waals surface area (Å²) in [4.78, 5) is 12.3. The van der Waals surface area contributed by atoms with Crippen molar-refractivity contribution in [3.8, 4) is 34.1 Å². The van der Waals surface area contributed by atoms with Crippen molar-refractivity contribution in [1.82, 2.24) is 0 Å². The van der Waals surface area contributed by atoms with Gasteiger partial charge in [-0.05, 0) is 17.7 Å². The Morgan fingerprint density at radius 1 is 0.805 bits per heavy atom. The first-order valence-corrected chi connectivity index (χ1v) is 12.4. The molecule has 0 bridgehead atoms. The molecule has 2 fully saturated rings. The van der Waals surface area contributed by atoms with Crippen molar-refractivity contribution in [3.63, 3.8) is 0 Å². The van der Waals surface area contributed by atoms with Crippen molar-refractivity contribution in [2.45, 2.75) is 55.3 Å². The number of hydrogen-bond donors (Lipinski definition) is 9. The van der Waals surface area contributed by atoms with Gasteiger partial charge in [-0.2, -0.15) is 0 Å². The topological polar surface area (TPSA) is 249 Å². The van der Waals surface area contributed by atoms with Crippen LogP contribution < -0.4 is 10.4 Å².